The molecular formula is C20H24N6O3. The van der Waals surface area contributed by atoms with Crippen molar-refractivity contribution in [1.29, 1.82) is 0 Å². The summed E-state index contributed by atoms with van der Waals surface area (Å²) in [6, 6.07) is 3.79. The summed E-state index contributed by atoms with van der Waals surface area (Å²) in [4.78, 5) is 23.6. The summed E-state index contributed by atoms with van der Waals surface area (Å²) in [7, 11) is 5.01. The minimum Gasteiger partial charge on any atom is -0.493 e. The molecule has 1 fully saturated rings. The molecule has 0 spiro atoms. The fraction of sp³-hybridized carbons (Fsp3) is 0.400. The van der Waals surface area contributed by atoms with Gasteiger partial charge in [-0.1, -0.05) is 0 Å². The van der Waals surface area contributed by atoms with Crippen LogP contribution in [0.1, 0.15) is 23.2 Å². The first-order valence-electron chi connectivity index (χ1n) is 9.50. The fourth-order valence-electron chi connectivity index (χ4n) is 3.72. The van der Waals surface area contributed by atoms with Gasteiger partial charge < -0.3 is 19.7 Å². The molecule has 29 heavy (non-hydrogen) atoms. The van der Waals surface area contributed by atoms with Crippen molar-refractivity contribution >= 4 is 22.6 Å². The van der Waals surface area contributed by atoms with Gasteiger partial charge in [0.2, 0.25) is 0 Å². The number of nitrogens with zero attached hydrogens (tertiary/aromatic N) is 5. The van der Waals surface area contributed by atoms with Gasteiger partial charge in [-0.05, 0) is 18.9 Å². The molecule has 2 aromatic heterocycles. The van der Waals surface area contributed by atoms with Crippen LogP contribution in [0.4, 0.5) is 5.82 Å². The topological polar surface area (TPSA) is 94.4 Å². The van der Waals surface area contributed by atoms with Crippen molar-refractivity contribution in [2.75, 3.05) is 32.2 Å². The van der Waals surface area contributed by atoms with E-state index in [9.17, 15) is 4.79 Å². The van der Waals surface area contributed by atoms with E-state index in [1.807, 2.05) is 12.1 Å². The molecular weight excluding hydrogens is 372 g/mol. The SMILES string of the molecule is COc1cc2ncnc(N3CCCC(NC(=O)c4cnn(C)c4)C3)c2cc1OC. The second kappa shape index (κ2) is 7.94. The molecule has 1 N–H and O–H groups in total. The van der Waals surface area contributed by atoms with Gasteiger partial charge in [-0.3, -0.25) is 9.48 Å². The van der Waals surface area contributed by atoms with E-state index in [0.29, 0.717) is 23.6 Å². The van der Waals surface area contributed by atoms with Crippen molar-refractivity contribution < 1.29 is 14.3 Å². The summed E-state index contributed by atoms with van der Waals surface area (Å²) < 4.78 is 12.5. The number of fused-ring (bicyclic) bond motifs is 1. The molecule has 9 nitrogen and oxygen atoms in total. The Balaban J connectivity index is 1.58. The van der Waals surface area contributed by atoms with Crippen LogP contribution in [0.25, 0.3) is 10.9 Å². The second-order valence-electron chi connectivity index (χ2n) is 7.08. The van der Waals surface area contributed by atoms with Crippen molar-refractivity contribution in [2.24, 2.45) is 7.05 Å². The van der Waals surface area contributed by atoms with Crippen molar-refractivity contribution in [3.05, 3.63) is 36.4 Å². The number of nitrogens with one attached hydrogen (secondary N) is 1. The van der Waals surface area contributed by atoms with E-state index in [1.54, 1.807) is 44.7 Å². The quantitative estimate of drug-likeness (QED) is 0.702. The molecule has 9 heteroatoms. The number of aromatic nitrogens is 4. The van der Waals surface area contributed by atoms with Crippen LogP contribution in [0.3, 0.4) is 0 Å². The van der Waals surface area contributed by atoms with E-state index >= 15 is 0 Å². The van der Waals surface area contributed by atoms with Crippen LogP contribution in [0, 0.1) is 0 Å². The molecule has 1 aromatic carbocycles. The summed E-state index contributed by atoms with van der Waals surface area (Å²) >= 11 is 0. The lowest BCUT2D eigenvalue weighted by molar-refractivity contribution is 0.0933. The van der Waals surface area contributed by atoms with E-state index in [-0.39, 0.29) is 11.9 Å². The zero-order chi connectivity index (χ0) is 20.4. The van der Waals surface area contributed by atoms with Gasteiger partial charge in [0.25, 0.3) is 5.91 Å². The highest BCUT2D eigenvalue weighted by Gasteiger charge is 2.25. The number of ether oxygens (including phenoxy) is 2. The summed E-state index contributed by atoms with van der Waals surface area (Å²) in [5, 5.41) is 8.07. The fourth-order valence-corrected chi connectivity index (χ4v) is 3.72. The Morgan fingerprint density at radius 3 is 2.72 bits per heavy atom. The number of anilines is 1. The Bertz CT molecular complexity index is 1030. The number of carbonyl (C=O) groups excluding carboxylic acids is 1. The second-order valence-corrected chi connectivity index (χ2v) is 7.08. The Morgan fingerprint density at radius 2 is 2.00 bits per heavy atom. The maximum absolute atomic E-state index is 12.5. The summed E-state index contributed by atoms with van der Waals surface area (Å²) in [5.74, 6) is 1.99. The third-order valence-electron chi connectivity index (χ3n) is 5.14. The molecule has 1 amide bonds. The van der Waals surface area contributed by atoms with E-state index in [4.69, 9.17) is 9.47 Å². The average molecular weight is 396 g/mol. The maximum atomic E-state index is 12.5. The molecule has 0 bridgehead atoms. The van der Waals surface area contributed by atoms with Crippen LogP contribution >= 0.6 is 0 Å². The van der Waals surface area contributed by atoms with Crippen LogP contribution in [0.5, 0.6) is 11.5 Å². The lowest BCUT2D eigenvalue weighted by atomic mass is 10.0. The molecule has 1 aliphatic heterocycles. The molecule has 0 radical (unpaired) electrons. The Hall–Kier alpha value is -3.36. The Labute approximate surface area is 168 Å². The molecule has 4 rings (SSSR count). The van der Waals surface area contributed by atoms with Gasteiger partial charge in [0.15, 0.2) is 11.5 Å². The number of carbonyl (C=O) groups is 1. The summed E-state index contributed by atoms with van der Waals surface area (Å²) in [6.07, 6.45) is 6.72. The lowest BCUT2D eigenvalue weighted by Gasteiger charge is -2.34. The highest BCUT2D eigenvalue weighted by atomic mass is 16.5. The minimum absolute atomic E-state index is 0.0293. The largest absolute Gasteiger partial charge is 0.493 e. The normalized spacial score (nSPS) is 16.7. The van der Waals surface area contributed by atoms with E-state index in [2.05, 4.69) is 25.3 Å². The molecule has 1 atom stereocenters. The number of methoxy groups -OCH3 is 2. The van der Waals surface area contributed by atoms with Crippen molar-refractivity contribution in [3.63, 3.8) is 0 Å². The van der Waals surface area contributed by atoms with Gasteiger partial charge in [-0.25, -0.2) is 9.97 Å². The molecule has 152 valence electrons. The molecule has 3 aromatic rings. The predicted molar refractivity (Wildman–Crippen MR) is 109 cm³/mol. The first kappa shape index (κ1) is 19.0. The first-order chi connectivity index (χ1) is 14.1. The van der Waals surface area contributed by atoms with Gasteiger partial charge in [0.05, 0.1) is 31.5 Å². The van der Waals surface area contributed by atoms with Crippen LogP contribution in [-0.4, -0.2) is 59.0 Å². The molecule has 3 heterocycles. The Morgan fingerprint density at radius 1 is 1.21 bits per heavy atom. The molecule has 1 saturated heterocycles. The maximum Gasteiger partial charge on any atom is 0.254 e. The van der Waals surface area contributed by atoms with Crippen molar-refractivity contribution in [2.45, 2.75) is 18.9 Å². The number of amides is 1. The smallest absolute Gasteiger partial charge is 0.254 e. The standard InChI is InChI=1S/C20H24N6O3/c1-25-10-13(9-23-25)20(27)24-14-5-4-6-26(11-14)19-15-7-17(28-2)18(29-3)8-16(15)21-12-22-19/h7-10,12,14H,4-6,11H2,1-3H3,(H,24,27). The number of hydrogen-bond donors (Lipinski definition) is 1. The summed E-state index contributed by atoms with van der Waals surface area (Å²) in [6.45, 7) is 1.53. The number of benzene rings is 1. The predicted octanol–water partition coefficient (Wildman–Crippen LogP) is 1.78. The Kier molecular flexibility index (Phi) is 5.20. The van der Waals surface area contributed by atoms with Crippen LogP contribution in [0.2, 0.25) is 0 Å². The van der Waals surface area contributed by atoms with Gasteiger partial charge in [-0.15, -0.1) is 0 Å². The first-order valence-corrected chi connectivity index (χ1v) is 9.50. The molecule has 0 aliphatic carbocycles. The van der Waals surface area contributed by atoms with Gasteiger partial charge in [-0.2, -0.15) is 5.10 Å². The third kappa shape index (κ3) is 3.80. The zero-order valence-electron chi connectivity index (χ0n) is 16.8. The number of hydrogen-bond acceptors (Lipinski definition) is 7. The van der Waals surface area contributed by atoms with E-state index < -0.39 is 0 Å². The van der Waals surface area contributed by atoms with Crippen molar-refractivity contribution in [3.8, 4) is 11.5 Å². The molecule has 0 saturated carbocycles. The van der Waals surface area contributed by atoms with Crippen LogP contribution < -0.4 is 19.7 Å². The number of piperidine rings is 1. The highest BCUT2D eigenvalue weighted by molar-refractivity contribution is 5.94. The van der Waals surface area contributed by atoms with Crippen molar-refractivity contribution in [1.82, 2.24) is 25.1 Å². The van der Waals surface area contributed by atoms with E-state index in [1.165, 1.54) is 0 Å². The highest BCUT2D eigenvalue weighted by Crippen LogP contribution is 2.35. The number of aryl methyl sites for hydroxylation is 1. The van der Waals surface area contributed by atoms with Crippen LogP contribution in [-0.2, 0) is 7.05 Å². The zero-order valence-corrected chi connectivity index (χ0v) is 16.8. The number of rotatable bonds is 5. The molecule has 1 aliphatic rings. The molecule has 1 unspecified atom stereocenters. The third-order valence-corrected chi connectivity index (χ3v) is 5.14. The van der Waals surface area contributed by atoms with Gasteiger partial charge in [0, 0.05) is 43.8 Å². The monoisotopic (exact) mass is 396 g/mol. The lowest BCUT2D eigenvalue weighted by Crippen LogP contribution is -2.48. The average Bonchev–Trinajstić information content (AvgIpc) is 3.19. The summed E-state index contributed by atoms with van der Waals surface area (Å²) in [5.41, 5.74) is 1.35. The van der Waals surface area contributed by atoms with Gasteiger partial charge >= 0.3 is 0 Å². The minimum atomic E-state index is -0.107. The van der Waals surface area contributed by atoms with Crippen LogP contribution in [0.15, 0.2) is 30.9 Å². The van der Waals surface area contributed by atoms with Gasteiger partial charge in [0.1, 0.15) is 12.1 Å². The van der Waals surface area contributed by atoms with E-state index in [0.717, 1.165) is 36.1 Å².